The van der Waals surface area contributed by atoms with E-state index in [1.807, 2.05) is 42.6 Å². The smallest absolute Gasteiger partial charge is 0.167 e. The lowest BCUT2D eigenvalue weighted by molar-refractivity contribution is 0.354. The van der Waals surface area contributed by atoms with Crippen LogP contribution in [0.1, 0.15) is 16.1 Å². The zero-order valence-electron chi connectivity index (χ0n) is 14.8. The van der Waals surface area contributed by atoms with Gasteiger partial charge in [0.2, 0.25) is 0 Å². The Morgan fingerprint density at radius 1 is 1.12 bits per heavy atom. The van der Waals surface area contributed by atoms with Crippen LogP contribution in [0.3, 0.4) is 0 Å². The fourth-order valence-corrected chi connectivity index (χ4v) is 3.37. The number of benzene rings is 2. The number of hydrogen-bond donors (Lipinski definition) is 0. The van der Waals surface area contributed by atoms with Crippen molar-refractivity contribution >= 4 is 23.0 Å². The zero-order chi connectivity index (χ0) is 18.5. The number of aromatic nitrogens is 1. The average Bonchev–Trinajstić information content (AvgIpc) is 3.16. The summed E-state index contributed by atoms with van der Waals surface area (Å²) >= 11 is 1.45. The topological polar surface area (TPSA) is 55.1 Å². The lowest BCUT2D eigenvalue weighted by Gasteiger charge is -2.10. The Bertz CT molecular complexity index is 982. The molecule has 26 heavy (non-hydrogen) atoms. The molecule has 2 aromatic carbocycles. The van der Waals surface area contributed by atoms with E-state index >= 15 is 0 Å². The summed E-state index contributed by atoms with van der Waals surface area (Å²) in [4.78, 5) is 4.63. The minimum absolute atomic E-state index is 0.486. The van der Waals surface area contributed by atoms with Crippen molar-refractivity contribution in [2.24, 2.45) is 0 Å². The maximum absolute atomic E-state index is 9.62. The van der Waals surface area contributed by atoms with Gasteiger partial charge in [-0.25, -0.2) is 4.98 Å². The maximum Gasteiger partial charge on any atom is 0.167 e. The number of ether oxygens (including phenoxy) is 2. The summed E-state index contributed by atoms with van der Waals surface area (Å²) < 4.78 is 10.8. The van der Waals surface area contributed by atoms with Crippen molar-refractivity contribution in [2.75, 3.05) is 14.2 Å². The normalized spacial score (nSPS) is 11.1. The highest BCUT2D eigenvalue weighted by molar-refractivity contribution is 7.11. The number of nitrogens with zero attached hydrogens (tertiary/aromatic N) is 2. The monoisotopic (exact) mass is 362 g/mol. The Morgan fingerprint density at radius 2 is 1.88 bits per heavy atom. The van der Waals surface area contributed by atoms with Gasteiger partial charge in [0.05, 0.1) is 25.5 Å². The lowest BCUT2D eigenvalue weighted by atomic mass is 10.1. The molecule has 0 N–H and O–H groups in total. The average molecular weight is 362 g/mol. The second-order valence-electron chi connectivity index (χ2n) is 5.66. The van der Waals surface area contributed by atoms with Gasteiger partial charge in [-0.15, -0.1) is 11.3 Å². The zero-order valence-corrected chi connectivity index (χ0v) is 15.6. The molecule has 0 atom stereocenters. The van der Waals surface area contributed by atoms with Crippen LogP contribution in [0.5, 0.6) is 11.5 Å². The molecule has 3 rings (SSSR count). The molecule has 4 nitrogen and oxygen atoms in total. The summed E-state index contributed by atoms with van der Waals surface area (Å²) in [7, 11) is 3.17. The van der Waals surface area contributed by atoms with Crippen molar-refractivity contribution in [2.45, 2.75) is 6.92 Å². The predicted molar refractivity (Wildman–Crippen MR) is 105 cm³/mol. The van der Waals surface area contributed by atoms with E-state index < -0.39 is 0 Å². The number of aryl methyl sites for hydroxylation is 1. The summed E-state index contributed by atoms with van der Waals surface area (Å²) in [6, 6.07) is 16.0. The first-order valence-electron chi connectivity index (χ1n) is 8.02. The van der Waals surface area contributed by atoms with Gasteiger partial charge in [0.25, 0.3) is 0 Å². The van der Waals surface area contributed by atoms with Crippen molar-refractivity contribution in [3.63, 3.8) is 0 Å². The third-order valence-electron chi connectivity index (χ3n) is 3.94. The molecule has 0 unspecified atom stereocenters. The van der Waals surface area contributed by atoms with E-state index in [1.165, 1.54) is 16.9 Å². The van der Waals surface area contributed by atoms with Gasteiger partial charge in [-0.05, 0) is 19.1 Å². The molecule has 0 fully saturated rings. The molecule has 1 heterocycles. The standard InChI is InChI=1S/C21H18N2O2S/c1-14-7-9-15(10-8-14)18-13-26-21(23-18)17(12-22)11-16-5-4-6-19(24-2)20(16)25-3/h4-11,13H,1-3H3/b17-11+. The molecule has 0 aliphatic rings. The molecule has 0 radical (unpaired) electrons. The number of para-hydroxylation sites is 1. The molecule has 0 amide bonds. The van der Waals surface area contributed by atoms with Crippen LogP contribution < -0.4 is 9.47 Å². The van der Waals surface area contributed by atoms with Gasteiger partial charge in [-0.3, -0.25) is 0 Å². The summed E-state index contributed by atoms with van der Waals surface area (Å²) in [5, 5.41) is 12.3. The highest BCUT2D eigenvalue weighted by atomic mass is 32.1. The van der Waals surface area contributed by atoms with Gasteiger partial charge in [0.15, 0.2) is 11.5 Å². The van der Waals surface area contributed by atoms with E-state index in [0.717, 1.165) is 16.8 Å². The van der Waals surface area contributed by atoms with Crippen molar-refractivity contribution in [3.05, 3.63) is 64.0 Å². The van der Waals surface area contributed by atoms with Gasteiger partial charge in [-0.2, -0.15) is 5.26 Å². The Balaban J connectivity index is 1.99. The summed E-state index contributed by atoms with van der Waals surface area (Å²) in [5.74, 6) is 1.22. The van der Waals surface area contributed by atoms with Crippen LogP contribution in [0.25, 0.3) is 22.9 Å². The molecule has 0 aliphatic carbocycles. The van der Waals surface area contributed by atoms with Gasteiger partial charge in [0, 0.05) is 16.5 Å². The minimum Gasteiger partial charge on any atom is -0.493 e. The van der Waals surface area contributed by atoms with Gasteiger partial charge in [0.1, 0.15) is 11.1 Å². The molecule has 0 spiro atoms. The number of allylic oxidation sites excluding steroid dienone is 1. The van der Waals surface area contributed by atoms with Crippen LogP contribution in [0, 0.1) is 18.3 Å². The molecule has 1 aromatic heterocycles. The number of rotatable bonds is 5. The Kier molecular flexibility index (Phi) is 5.35. The molecule has 0 aliphatic heterocycles. The van der Waals surface area contributed by atoms with E-state index in [1.54, 1.807) is 20.3 Å². The first-order chi connectivity index (χ1) is 12.7. The second kappa shape index (κ2) is 7.85. The van der Waals surface area contributed by atoms with Crippen molar-refractivity contribution in [1.29, 1.82) is 5.26 Å². The lowest BCUT2D eigenvalue weighted by Crippen LogP contribution is -1.93. The van der Waals surface area contributed by atoms with Crippen LogP contribution in [-0.2, 0) is 0 Å². The van der Waals surface area contributed by atoms with Gasteiger partial charge in [-0.1, -0.05) is 42.0 Å². The molecule has 0 saturated carbocycles. The number of methoxy groups -OCH3 is 2. The van der Waals surface area contributed by atoms with Crippen LogP contribution in [0.2, 0.25) is 0 Å². The molecule has 0 saturated heterocycles. The van der Waals surface area contributed by atoms with Crippen LogP contribution in [0.15, 0.2) is 47.8 Å². The molecule has 3 aromatic rings. The van der Waals surface area contributed by atoms with E-state index in [0.29, 0.717) is 22.1 Å². The van der Waals surface area contributed by atoms with Gasteiger partial charge >= 0.3 is 0 Å². The van der Waals surface area contributed by atoms with Crippen molar-refractivity contribution in [3.8, 4) is 28.8 Å². The van der Waals surface area contributed by atoms with E-state index in [2.05, 4.69) is 23.2 Å². The van der Waals surface area contributed by atoms with Crippen LogP contribution >= 0.6 is 11.3 Å². The van der Waals surface area contributed by atoms with Gasteiger partial charge < -0.3 is 9.47 Å². The number of hydrogen-bond acceptors (Lipinski definition) is 5. The largest absolute Gasteiger partial charge is 0.493 e. The highest BCUT2D eigenvalue weighted by Gasteiger charge is 2.12. The quantitative estimate of drug-likeness (QED) is 0.585. The molecule has 5 heteroatoms. The maximum atomic E-state index is 9.62. The molecular formula is C21H18N2O2S. The highest BCUT2D eigenvalue weighted by Crippen LogP contribution is 2.34. The first-order valence-corrected chi connectivity index (χ1v) is 8.90. The number of nitriles is 1. The molecule has 0 bridgehead atoms. The second-order valence-corrected chi connectivity index (χ2v) is 6.51. The first kappa shape index (κ1) is 17.7. The summed E-state index contributed by atoms with van der Waals surface area (Å²) in [6.45, 7) is 2.05. The van der Waals surface area contributed by atoms with E-state index in [9.17, 15) is 5.26 Å². The Hall–Kier alpha value is -3.10. The fraction of sp³-hybridized carbons (Fsp3) is 0.143. The SMILES string of the molecule is COc1cccc(/C=C(\C#N)c2nc(-c3ccc(C)cc3)cs2)c1OC. The van der Waals surface area contributed by atoms with E-state index in [4.69, 9.17) is 9.47 Å². The van der Waals surface area contributed by atoms with Crippen molar-refractivity contribution in [1.82, 2.24) is 4.98 Å². The summed E-state index contributed by atoms with van der Waals surface area (Å²) in [6.07, 6.45) is 1.78. The van der Waals surface area contributed by atoms with E-state index in [-0.39, 0.29) is 0 Å². The molecular weight excluding hydrogens is 344 g/mol. The minimum atomic E-state index is 0.486. The third kappa shape index (κ3) is 3.61. The molecule has 130 valence electrons. The third-order valence-corrected chi connectivity index (χ3v) is 4.81. The Morgan fingerprint density at radius 3 is 2.54 bits per heavy atom. The number of thiazole rings is 1. The summed E-state index contributed by atoms with van der Waals surface area (Å²) in [5.41, 5.74) is 4.36. The van der Waals surface area contributed by atoms with Crippen LogP contribution in [-0.4, -0.2) is 19.2 Å². The predicted octanol–water partition coefficient (Wildman–Crippen LogP) is 5.20. The fourth-order valence-electron chi connectivity index (χ4n) is 2.58. The van der Waals surface area contributed by atoms with Crippen LogP contribution in [0.4, 0.5) is 0 Å². The van der Waals surface area contributed by atoms with Crippen molar-refractivity contribution < 1.29 is 9.47 Å². The Labute approximate surface area is 157 Å².